The fraction of sp³-hybridized carbons (Fsp3) is 0.200. The zero-order chi connectivity index (χ0) is 19.0. The van der Waals surface area contributed by atoms with Gasteiger partial charge in [-0.1, -0.05) is 6.07 Å². The molecule has 1 aliphatic rings. The third kappa shape index (κ3) is 3.40. The number of fused-ring (bicyclic) bond motifs is 1. The van der Waals surface area contributed by atoms with Gasteiger partial charge in [-0.3, -0.25) is 9.48 Å². The lowest BCUT2D eigenvalue weighted by molar-refractivity contribution is 0.0953. The first-order chi connectivity index (χ1) is 13.0. The monoisotopic (exact) mass is 369 g/mol. The summed E-state index contributed by atoms with van der Waals surface area (Å²) in [6.07, 6.45) is 0. The Hall–Kier alpha value is -3.22. The average molecular weight is 369 g/mol. The highest BCUT2D eigenvalue weighted by molar-refractivity contribution is 6.05. The van der Waals surface area contributed by atoms with Crippen molar-refractivity contribution in [3.05, 3.63) is 77.6 Å². The van der Waals surface area contributed by atoms with Gasteiger partial charge in [0.15, 0.2) is 0 Å². The van der Waals surface area contributed by atoms with Gasteiger partial charge in [-0.25, -0.2) is 8.78 Å². The van der Waals surface area contributed by atoms with Crippen molar-refractivity contribution in [2.24, 2.45) is 0 Å². The molecular formula is C20H17F2N3O2. The highest BCUT2D eigenvalue weighted by Gasteiger charge is 2.31. The number of hydrogen-bond acceptors (Lipinski definition) is 3. The molecule has 3 aromatic rings. The maximum atomic E-state index is 13.5. The third-order valence-corrected chi connectivity index (χ3v) is 4.44. The average Bonchev–Trinajstić information content (AvgIpc) is 3.09. The molecule has 1 aliphatic heterocycles. The molecule has 4 rings (SSSR count). The van der Waals surface area contributed by atoms with Crippen LogP contribution in [0.5, 0.6) is 5.75 Å². The summed E-state index contributed by atoms with van der Waals surface area (Å²) in [5.41, 5.74) is 1.54. The fourth-order valence-electron chi connectivity index (χ4n) is 3.13. The van der Waals surface area contributed by atoms with E-state index in [1.54, 1.807) is 27.8 Å². The summed E-state index contributed by atoms with van der Waals surface area (Å²) in [4.78, 5) is 14.4. The number of hydrogen-bond donors (Lipinski definition) is 0. The van der Waals surface area contributed by atoms with E-state index in [-0.39, 0.29) is 30.2 Å². The zero-order valence-electron chi connectivity index (χ0n) is 14.6. The van der Waals surface area contributed by atoms with Gasteiger partial charge in [-0.05, 0) is 55.5 Å². The van der Waals surface area contributed by atoms with Crippen molar-refractivity contribution >= 4 is 11.6 Å². The van der Waals surface area contributed by atoms with Crippen LogP contribution in [0.4, 0.5) is 14.5 Å². The van der Waals surface area contributed by atoms with Crippen LogP contribution in [0.15, 0.2) is 54.6 Å². The molecule has 0 fully saturated rings. The van der Waals surface area contributed by atoms with Crippen molar-refractivity contribution in [1.82, 2.24) is 9.78 Å². The first-order valence-electron chi connectivity index (χ1n) is 8.55. The second-order valence-electron chi connectivity index (χ2n) is 6.45. The number of carbonyl (C=O) groups is 1. The van der Waals surface area contributed by atoms with Crippen molar-refractivity contribution in [2.45, 2.75) is 19.6 Å². The predicted molar refractivity (Wildman–Crippen MR) is 95.7 cm³/mol. The number of amides is 1. The lowest BCUT2D eigenvalue weighted by Crippen LogP contribution is -2.42. The van der Waals surface area contributed by atoms with E-state index in [0.717, 1.165) is 0 Å². The summed E-state index contributed by atoms with van der Waals surface area (Å²) in [7, 11) is 0. The standard InChI is InChI=1S/C20H17F2N3O2/c1-13-11-24(17-4-2-3-15(22)9-17)20(26)19-10-16(23-25(13)19)12-27-18-7-5-14(21)6-8-18/h2-10,13H,11-12H2,1H3. The Morgan fingerprint density at radius 3 is 2.63 bits per heavy atom. The van der Waals surface area contributed by atoms with Crippen LogP contribution in [-0.4, -0.2) is 22.2 Å². The highest BCUT2D eigenvalue weighted by atomic mass is 19.1. The highest BCUT2D eigenvalue weighted by Crippen LogP contribution is 2.27. The van der Waals surface area contributed by atoms with Gasteiger partial charge in [0.05, 0.1) is 6.04 Å². The summed E-state index contributed by atoms with van der Waals surface area (Å²) in [6.45, 7) is 2.50. The van der Waals surface area contributed by atoms with Gasteiger partial charge in [-0.2, -0.15) is 5.10 Å². The smallest absolute Gasteiger partial charge is 0.276 e. The Morgan fingerprint density at radius 2 is 1.89 bits per heavy atom. The molecule has 2 aromatic carbocycles. The van der Waals surface area contributed by atoms with Gasteiger partial charge < -0.3 is 9.64 Å². The topological polar surface area (TPSA) is 47.4 Å². The van der Waals surface area contributed by atoms with E-state index in [1.807, 2.05) is 6.92 Å². The molecule has 0 radical (unpaired) electrons. The number of nitrogens with zero attached hydrogens (tertiary/aromatic N) is 3. The molecule has 1 aromatic heterocycles. The number of ether oxygens (including phenoxy) is 1. The van der Waals surface area contributed by atoms with Crippen LogP contribution in [0.3, 0.4) is 0 Å². The maximum absolute atomic E-state index is 13.5. The van der Waals surface area contributed by atoms with Crippen molar-refractivity contribution < 1.29 is 18.3 Å². The Morgan fingerprint density at radius 1 is 1.11 bits per heavy atom. The first-order valence-corrected chi connectivity index (χ1v) is 8.55. The van der Waals surface area contributed by atoms with E-state index in [9.17, 15) is 13.6 Å². The van der Waals surface area contributed by atoms with Crippen molar-refractivity contribution in [3.63, 3.8) is 0 Å². The van der Waals surface area contributed by atoms with Crippen LogP contribution in [0.2, 0.25) is 0 Å². The largest absolute Gasteiger partial charge is 0.487 e. The number of rotatable bonds is 4. The second kappa shape index (κ2) is 6.83. The molecule has 7 heteroatoms. The molecule has 0 aliphatic carbocycles. The van der Waals surface area contributed by atoms with Crippen LogP contribution >= 0.6 is 0 Å². The Bertz CT molecular complexity index is 985. The van der Waals surface area contributed by atoms with Crippen molar-refractivity contribution in [2.75, 3.05) is 11.4 Å². The molecule has 1 unspecified atom stereocenters. The van der Waals surface area contributed by atoms with Crippen LogP contribution in [0, 0.1) is 11.6 Å². The van der Waals surface area contributed by atoms with Gasteiger partial charge in [0, 0.05) is 12.2 Å². The van der Waals surface area contributed by atoms with E-state index in [4.69, 9.17) is 4.74 Å². The zero-order valence-corrected chi connectivity index (χ0v) is 14.6. The summed E-state index contributed by atoms with van der Waals surface area (Å²) >= 11 is 0. The molecule has 2 heterocycles. The number of carbonyl (C=O) groups excluding carboxylic acids is 1. The van der Waals surface area contributed by atoms with E-state index < -0.39 is 0 Å². The van der Waals surface area contributed by atoms with Crippen LogP contribution in [0.25, 0.3) is 0 Å². The SMILES string of the molecule is CC1CN(c2cccc(F)c2)C(=O)c2cc(COc3ccc(F)cc3)nn21. The molecule has 0 N–H and O–H groups in total. The molecule has 0 saturated heterocycles. The van der Waals surface area contributed by atoms with Crippen molar-refractivity contribution in [1.29, 1.82) is 0 Å². The quantitative estimate of drug-likeness (QED) is 0.699. The lowest BCUT2D eigenvalue weighted by Gasteiger charge is -2.31. The number of aromatic nitrogens is 2. The Kier molecular flexibility index (Phi) is 4.35. The summed E-state index contributed by atoms with van der Waals surface area (Å²) < 4.78 is 33.8. The number of benzene rings is 2. The van der Waals surface area contributed by atoms with E-state index in [1.165, 1.54) is 36.4 Å². The van der Waals surface area contributed by atoms with Crippen LogP contribution in [-0.2, 0) is 6.61 Å². The summed E-state index contributed by atoms with van der Waals surface area (Å²) in [5.74, 6) is -0.445. The van der Waals surface area contributed by atoms with E-state index in [0.29, 0.717) is 29.4 Å². The number of halogens is 2. The van der Waals surface area contributed by atoms with Crippen molar-refractivity contribution in [3.8, 4) is 5.75 Å². The number of anilines is 1. The maximum Gasteiger partial charge on any atom is 0.276 e. The predicted octanol–water partition coefficient (Wildman–Crippen LogP) is 3.96. The van der Waals surface area contributed by atoms with Crippen LogP contribution in [0.1, 0.15) is 29.1 Å². The molecule has 5 nitrogen and oxygen atoms in total. The Labute approximate surface area is 154 Å². The van der Waals surface area contributed by atoms with Gasteiger partial charge >= 0.3 is 0 Å². The minimum absolute atomic E-state index is 0.0689. The molecule has 0 saturated carbocycles. The molecule has 1 amide bonds. The first kappa shape index (κ1) is 17.2. The summed E-state index contributed by atoms with van der Waals surface area (Å²) in [6, 6.07) is 13.3. The molecule has 27 heavy (non-hydrogen) atoms. The van der Waals surface area contributed by atoms with E-state index >= 15 is 0 Å². The second-order valence-corrected chi connectivity index (χ2v) is 6.45. The Balaban J connectivity index is 1.55. The van der Waals surface area contributed by atoms with Gasteiger partial charge in [0.25, 0.3) is 5.91 Å². The molecule has 1 atom stereocenters. The van der Waals surface area contributed by atoms with Gasteiger partial charge in [0.2, 0.25) is 0 Å². The lowest BCUT2D eigenvalue weighted by atomic mass is 10.1. The van der Waals surface area contributed by atoms with Gasteiger partial charge in [0.1, 0.15) is 35.4 Å². The molecule has 0 bridgehead atoms. The molecule has 138 valence electrons. The van der Waals surface area contributed by atoms with E-state index in [2.05, 4.69) is 5.10 Å². The van der Waals surface area contributed by atoms with Crippen LogP contribution < -0.4 is 9.64 Å². The minimum atomic E-state index is -0.388. The molecule has 0 spiro atoms. The molecular weight excluding hydrogens is 352 g/mol. The minimum Gasteiger partial charge on any atom is -0.487 e. The van der Waals surface area contributed by atoms with Gasteiger partial charge in [-0.15, -0.1) is 0 Å². The normalized spacial score (nSPS) is 16.3. The third-order valence-electron chi connectivity index (χ3n) is 4.44. The fourth-order valence-corrected chi connectivity index (χ4v) is 3.13. The summed E-state index contributed by atoms with van der Waals surface area (Å²) in [5, 5.41) is 4.46.